The van der Waals surface area contributed by atoms with Gasteiger partial charge in [0.15, 0.2) is 5.78 Å². The topological polar surface area (TPSA) is 26.3 Å². The Labute approximate surface area is 125 Å². The van der Waals surface area contributed by atoms with Gasteiger partial charge in [-0.25, -0.2) is 0 Å². The number of methoxy groups -OCH3 is 1. The molecule has 0 spiro atoms. The van der Waals surface area contributed by atoms with Gasteiger partial charge < -0.3 is 4.74 Å². The normalized spacial score (nSPS) is 30.0. The van der Waals surface area contributed by atoms with Crippen molar-refractivity contribution in [2.45, 2.75) is 32.6 Å². The number of hydrogen-bond acceptors (Lipinski definition) is 2. The van der Waals surface area contributed by atoms with E-state index in [1.807, 2.05) is 6.08 Å². The number of ether oxygens (including phenoxy) is 1. The second kappa shape index (κ2) is 4.33. The molecule has 21 heavy (non-hydrogen) atoms. The van der Waals surface area contributed by atoms with E-state index >= 15 is 0 Å². The van der Waals surface area contributed by atoms with Crippen molar-refractivity contribution in [2.24, 2.45) is 11.3 Å². The summed E-state index contributed by atoms with van der Waals surface area (Å²) in [6.45, 7) is 2.15. The molecule has 2 heteroatoms. The summed E-state index contributed by atoms with van der Waals surface area (Å²) in [7, 11) is 1.72. The zero-order valence-electron chi connectivity index (χ0n) is 12.6. The molecular formula is C19H20O2. The predicted octanol–water partition coefficient (Wildman–Crippen LogP) is 3.95. The minimum atomic E-state index is -0.178. The standard InChI is InChI=1S/C19H20O2/c1-19-10-9-15-14-6-4-13(21-2)11-12(14)3-5-16(15)17(19)7-8-18(19)20/h4,6-8,11,17H,3,5,9-10H2,1-2H3/t17-,19-/m0/s1. The second-order valence-electron chi connectivity index (χ2n) is 6.65. The molecule has 0 bridgehead atoms. The monoisotopic (exact) mass is 280 g/mol. The molecule has 1 aromatic carbocycles. The van der Waals surface area contributed by atoms with Gasteiger partial charge in [0.2, 0.25) is 0 Å². The quantitative estimate of drug-likeness (QED) is 0.778. The summed E-state index contributed by atoms with van der Waals surface area (Å²) in [6.07, 6.45) is 8.08. The van der Waals surface area contributed by atoms with E-state index in [2.05, 4.69) is 31.2 Å². The van der Waals surface area contributed by atoms with Crippen LogP contribution in [-0.2, 0) is 11.2 Å². The van der Waals surface area contributed by atoms with Crippen molar-refractivity contribution in [1.29, 1.82) is 0 Å². The molecule has 0 unspecified atom stereocenters. The smallest absolute Gasteiger partial charge is 0.162 e. The Morgan fingerprint density at radius 2 is 2.10 bits per heavy atom. The first-order valence-electron chi connectivity index (χ1n) is 7.75. The van der Waals surface area contributed by atoms with Crippen molar-refractivity contribution >= 4 is 11.4 Å². The summed E-state index contributed by atoms with van der Waals surface area (Å²) in [4.78, 5) is 12.2. The van der Waals surface area contributed by atoms with Crippen LogP contribution in [0.5, 0.6) is 5.75 Å². The van der Waals surface area contributed by atoms with Crippen LogP contribution in [0.15, 0.2) is 35.9 Å². The fourth-order valence-corrected chi connectivity index (χ4v) is 4.33. The molecule has 0 amide bonds. The molecule has 0 saturated carbocycles. The lowest BCUT2D eigenvalue weighted by Gasteiger charge is -2.40. The first kappa shape index (κ1) is 12.9. The maximum atomic E-state index is 12.2. The van der Waals surface area contributed by atoms with Gasteiger partial charge in [-0.2, -0.15) is 0 Å². The fourth-order valence-electron chi connectivity index (χ4n) is 4.33. The van der Waals surface area contributed by atoms with Crippen LogP contribution in [0.25, 0.3) is 5.57 Å². The summed E-state index contributed by atoms with van der Waals surface area (Å²) >= 11 is 0. The van der Waals surface area contributed by atoms with E-state index in [1.54, 1.807) is 7.11 Å². The third-order valence-electron chi connectivity index (χ3n) is 5.65. The van der Waals surface area contributed by atoms with Crippen LogP contribution in [-0.4, -0.2) is 12.9 Å². The number of ketones is 1. The number of benzene rings is 1. The van der Waals surface area contributed by atoms with Gasteiger partial charge in [0, 0.05) is 11.3 Å². The molecule has 0 saturated heterocycles. The molecule has 0 heterocycles. The number of aryl methyl sites for hydroxylation is 1. The maximum Gasteiger partial charge on any atom is 0.162 e. The van der Waals surface area contributed by atoms with Crippen LogP contribution in [0.3, 0.4) is 0 Å². The molecule has 0 fully saturated rings. The van der Waals surface area contributed by atoms with Gasteiger partial charge in [0.1, 0.15) is 5.75 Å². The van der Waals surface area contributed by atoms with E-state index in [0.29, 0.717) is 11.7 Å². The Morgan fingerprint density at radius 3 is 2.90 bits per heavy atom. The number of rotatable bonds is 1. The zero-order valence-corrected chi connectivity index (χ0v) is 12.6. The first-order valence-corrected chi connectivity index (χ1v) is 7.75. The fraction of sp³-hybridized carbons (Fsp3) is 0.421. The minimum Gasteiger partial charge on any atom is -0.497 e. The Bertz CT molecular complexity index is 696. The van der Waals surface area contributed by atoms with Crippen molar-refractivity contribution in [3.05, 3.63) is 47.1 Å². The molecule has 3 aliphatic carbocycles. The molecule has 0 radical (unpaired) electrons. The molecule has 0 aliphatic heterocycles. The molecule has 3 aliphatic rings. The minimum absolute atomic E-state index is 0.178. The summed E-state index contributed by atoms with van der Waals surface area (Å²) < 4.78 is 5.34. The lowest BCUT2D eigenvalue weighted by molar-refractivity contribution is -0.123. The van der Waals surface area contributed by atoms with E-state index in [4.69, 9.17) is 4.74 Å². The largest absolute Gasteiger partial charge is 0.497 e. The van der Waals surface area contributed by atoms with E-state index in [0.717, 1.165) is 31.4 Å². The molecule has 2 nitrogen and oxygen atoms in total. The molecule has 0 aromatic heterocycles. The van der Waals surface area contributed by atoms with Gasteiger partial charge >= 0.3 is 0 Å². The Hall–Kier alpha value is -1.83. The van der Waals surface area contributed by atoms with Crippen LogP contribution >= 0.6 is 0 Å². The second-order valence-corrected chi connectivity index (χ2v) is 6.65. The number of fused-ring (bicyclic) bond motifs is 4. The van der Waals surface area contributed by atoms with Gasteiger partial charge in [-0.05, 0) is 60.6 Å². The van der Waals surface area contributed by atoms with Gasteiger partial charge in [-0.15, -0.1) is 0 Å². The highest BCUT2D eigenvalue weighted by Gasteiger charge is 2.47. The van der Waals surface area contributed by atoms with Gasteiger partial charge in [-0.3, -0.25) is 4.79 Å². The number of hydrogen-bond donors (Lipinski definition) is 0. The van der Waals surface area contributed by atoms with Crippen LogP contribution in [0.4, 0.5) is 0 Å². The highest BCUT2D eigenvalue weighted by molar-refractivity contribution is 5.99. The highest BCUT2D eigenvalue weighted by atomic mass is 16.5. The van der Waals surface area contributed by atoms with Crippen molar-refractivity contribution in [3.8, 4) is 5.75 Å². The van der Waals surface area contributed by atoms with Crippen LogP contribution in [0.2, 0.25) is 0 Å². The lowest BCUT2D eigenvalue weighted by atomic mass is 9.62. The van der Waals surface area contributed by atoms with E-state index in [9.17, 15) is 4.79 Å². The average Bonchev–Trinajstić information content (AvgIpc) is 2.82. The number of carbonyl (C=O) groups excluding carboxylic acids is 1. The third-order valence-corrected chi connectivity index (χ3v) is 5.65. The molecule has 0 N–H and O–H groups in total. The third kappa shape index (κ3) is 1.68. The first-order chi connectivity index (χ1) is 10.1. The van der Waals surface area contributed by atoms with Crippen molar-refractivity contribution in [3.63, 3.8) is 0 Å². The summed E-state index contributed by atoms with van der Waals surface area (Å²) in [5.41, 5.74) is 5.59. The number of carbonyl (C=O) groups is 1. The van der Waals surface area contributed by atoms with E-state index in [-0.39, 0.29) is 5.41 Å². The Balaban J connectivity index is 1.83. The molecule has 4 rings (SSSR count). The van der Waals surface area contributed by atoms with Gasteiger partial charge in [-0.1, -0.05) is 24.6 Å². The Kier molecular flexibility index (Phi) is 2.66. The maximum absolute atomic E-state index is 12.2. The summed E-state index contributed by atoms with van der Waals surface area (Å²) in [5.74, 6) is 1.58. The van der Waals surface area contributed by atoms with E-state index < -0.39 is 0 Å². The van der Waals surface area contributed by atoms with Crippen LogP contribution in [0, 0.1) is 11.3 Å². The molecule has 1 aromatic rings. The molecule has 108 valence electrons. The highest BCUT2D eigenvalue weighted by Crippen LogP contribution is 2.54. The van der Waals surface area contributed by atoms with Crippen molar-refractivity contribution in [2.75, 3.05) is 7.11 Å². The van der Waals surface area contributed by atoms with E-state index in [1.165, 1.54) is 22.3 Å². The van der Waals surface area contributed by atoms with Crippen molar-refractivity contribution in [1.82, 2.24) is 0 Å². The van der Waals surface area contributed by atoms with Gasteiger partial charge in [0.05, 0.1) is 7.11 Å². The summed E-state index contributed by atoms with van der Waals surface area (Å²) in [6, 6.07) is 6.42. The predicted molar refractivity (Wildman–Crippen MR) is 83.2 cm³/mol. The Morgan fingerprint density at radius 1 is 1.24 bits per heavy atom. The van der Waals surface area contributed by atoms with Gasteiger partial charge in [0.25, 0.3) is 0 Å². The average molecular weight is 280 g/mol. The molecule has 2 atom stereocenters. The van der Waals surface area contributed by atoms with Crippen LogP contribution < -0.4 is 4.74 Å². The summed E-state index contributed by atoms with van der Waals surface area (Å²) in [5, 5.41) is 0. The van der Waals surface area contributed by atoms with Crippen LogP contribution in [0.1, 0.15) is 37.3 Å². The number of allylic oxidation sites excluding steroid dienone is 4. The lowest BCUT2D eigenvalue weighted by Crippen LogP contribution is -2.35. The van der Waals surface area contributed by atoms with Crippen molar-refractivity contribution < 1.29 is 9.53 Å². The zero-order chi connectivity index (χ0) is 14.6. The SMILES string of the molecule is COc1ccc2c(c1)CCC1=C2CC[C@]2(C)C(=O)C=C[C@@H]12. The molecular weight excluding hydrogens is 260 g/mol.